The second-order valence-electron chi connectivity index (χ2n) is 9.53. The number of thiol groups is 1. The maximum absolute atomic E-state index is 13.6. The van der Waals surface area contributed by atoms with Crippen LogP contribution in [0.5, 0.6) is 0 Å². The first-order chi connectivity index (χ1) is 15.2. The summed E-state index contributed by atoms with van der Waals surface area (Å²) >= 11 is 4.24. The lowest BCUT2D eigenvalue weighted by molar-refractivity contribution is -0.142. The fourth-order valence-electron chi connectivity index (χ4n) is 3.05. The summed E-state index contributed by atoms with van der Waals surface area (Å²) in [4.78, 5) is 40.7. The highest BCUT2D eigenvalue weighted by Gasteiger charge is 2.37. The van der Waals surface area contributed by atoms with E-state index < -0.39 is 41.1 Å². The molecule has 0 radical (unpaired) electrons. The Morgan fingerprint density at radius 2 is 1.82 bits per heavy atom. The normalized spacial score (nSPS) is 13.2. The Kier molecular flexibility index (Phi) is 10.1. The van der Waals surface area contributed by atoms with E-state index in [1.165, 1.54) is 11.0 Å². The average Bonchev–Trinajstić information content (AvgIpc) is 2.68. The van der Waals surface area contributed by atoms with Crippen LogP contribution in [0.4, 0.5) is 4.79 Å². The van der Waals surface area contributed by atoms with E-state index in [2.05, 4.69) is 35.8 Å². The topological polar surface area (TPSA) is 87.7 Å². The summed E-state index contributed by atoms with van der Waals surface area (Å²) in [6, 6.07) is 4.84. The molecule has 0 spiro atoms. The van der Waals surface area contributed by atoms with Gasteiger partial charge in [0, 0.05) is 23.4 Å². The van der Waals surface area contributed by atoms with Crippen LogP contribution in [0.3, 0.4) is 0 Å². The first-order valence-electron chi connectivity index (χ1n) is 10.6. The molecule has 0 heterocycles. The lowest BCUT2D eigenvalue weighted by Gasteiger charge is -2.35. The molecule has 8 heteroatoms. The second-order valence-corrected chi connectivity index (χ2v) is 9.90. The summed E-state index contributed by atoms with van der Waals surface area (Å²) in [5.41, 5.74) is -0.320. The van der Waals surface area contributed by atoms with Crippen LogP contribution in [0.15, 0.2) is 36.9 Å². The van der Waals surface area contributed by atoms with Gasteiger partial charge in [-0.15, -0.1) is 13.0 Å². The highest BCUT2D eigenvalue weighted by molar-refractivity contribution is 7.80. The largest absolute Gasteiger partial charge is 0.444 e. The average molecular weight is 474 g/mol. The van der Waals surface area contributed by atoms with Crippen molar-refractivity contribution in [1.82, 2.24) is 15.5 Å². The van der Waals surface area contributed by atoms with E-state index in [4.69, 9.17) is 11.2 Å². The van der Waals surface area contributed by atoms with Crippen molar-refractivity contribution < 1.29 is 19.1 Å². The molecule has 2 N–H and O–H groups in total. The maximum Gasteiger partial charge on any atom is 0.408 e. The summed E-state index contributed by atoms with van der Waals surface area (Å²) in [7, 11) is 0. The smallest absolute Gasteiger partial charge is 0.408 e. The van der Waals surface area contributed by atoms with E-state index in [1.807, 2.05) is 20.8 Å². The summed E-state index contributed by atoms with van der Waals surface area (Å²) < 4.78 is 5.27. The lowest BCUT2D eigenvalue weighted by atomic mass is 9.96. The van der Waals surface area contributed by atoms with Gasteiger partial charge in [-0.2, -0.15) is 12.6 Å². The molecule has 0 saturated carbocycles. The van der Waals surface area contributed by atoms with Crippen molar-refractivity contribution in [3.63, 3.8) is 0 Å². The van der Waals surface area contributed by atoms with E-state index >= 15 is 0 Å². The molecule has 0 aliphatic rings. The number of nitrogens with zero attached hydrogens (tertiary/aromatic N) is 1. The summed E-state index contributed by atoms with van der Waals surface area (Å²) in [6.07, 6.45) is 6.44. The van der Waals surface area contributed by atoms with Gasteiger partial charge in [0.25, 0.3) is 0 Å². The number of terminal acetylenes is 1. The molecule has 0 aliphatic carbocycles. The molecule has 0 bridgehead atoms. The number of nitrogens with one attached hydrogen (secondary N) is 2. The minimum Gasteiger partial charge on any atom is -0.444 e. The summed E-state index contributed by atoms with van der Waals surface area (Å²) in [6.45, 7) is 14.5. The number of carbonyl (C=O) groups excluding carboxylic acids is 3. The van der Waals surface area contributed by atoms with Gasteiger partial charge in [-0.3, -0.25) is 9.59 Å². The van der Waals surface area contributed by atoms with Crippen molar-refractivity contribution in [3.05, 3.63) is 48.0 Å². The zero-order chi connectivity index (χ0) is 25.4. The quantitative estimate of drug-likeness (QED) is 0.307. The highest BCUT2D eigenvalue weighted by Crippen LogP contribution is 2.26. The van der Waals surface area contributed by atoms with Crippen LogP contribution in [0.2, 0.25) is 0 Å². The SMILES string of the molecule is C#Cc1ccccc1C(C(=O)NC(C)(C)C)N(CC=C)C(=O)C(CS)NC(=O)OC(C)(C)C. The molecule has 0 aromatic heterocycles. The number of ether oxygens (including phenoxy) is 1. The van der Waals surface area contributed by atoms with Crippen molar-refractivity contribution in [2.24, 2.45) is 0 Å². The Balaban J connectivity index is 3.46. The third kappa shape index (κ3) is 8.85. The van der Waals surface area contributed by atoms with Gasteiger partial charge in [0.1, 0.15) is 17.7 Å². The van der Waals surface area contributed by atoms with Crippen LogP contribution in [-0.4, -0.2) is 52.3 Å². The zero-order valence-electron chi connectivity index (χ0n) is 20.3. The highest BCUT2D eigenvalue weighted by atomic mass is 32.1. The molecule has 0 fully saturated rings. The molecule has 2 atom stereocenters. The van der Waals surface area contributed by atoms with Gasteiger partial charge in [0.2, 0.25) is 11.8 Å². The van der Waals surface area contributed by atoms with Gasteiger partial charge < -0.3 is 20.3 Å². The van der Waals surface area contributed by atoms with Gasteiger partial charge in [-0.25, -0.2) is 4.79 Å². The van der Waals surface area contributed by atoms with Crippen LogP contribution in [0.25, 0.3) is 0 Å². The molecule has 1 aromatic carbocycles. The Morgan fingerprint density at radius 1 is 1.21 bits per heavy atom. The van der Waals surface area contributed by atoms with Gasteiger partial charge in [0.15, 0.2) is 0 Å². The minimum absolute atomic E-state index is 0.00385. The molecule has 0 saturated heterocycles. The molecule has 3 amide bonds. The van der Waals surface area contributed by atoms with Crippen molar-refractivity contribution in [1.29, 1.82) is 0 Å². The van der Waals surface area contributed by atoms with E-state index in [0.29, 0.717) is 11.1 Å². The van der Waals surface area contributed by atoms with Crippen LogP contribution >= 0.6 is 12.6 Å². The summed E-state index contributed by atoms with van der Waals surface area (Å²) in [5.74, 6) is 1.65. The number of carbonyl (C=O) groups is 3. The van der Waals surface area contributed by atoms with Crippen LogP contribution in [0, 0.1) is 12.3 Å². The van der Waals surface area contributed by atoms with E-state index in [-0.39, 0.29) is 12.3 Å². The monoisotopic (exact) mass is 473 g/mol. The molecule has 0 aliphatic heterocycles. The molecule has 1 rings (SSSR count). The molecule has 1 aromatic rings. The van der Waals surface area contributed by atoms with Crippen molar-refractivity contribution >= 4 is 30.5 Å². The second kappa shape index (κ2) is 11.8. The lowest BCUT2D eigenvalue weighted by Crippen LogP contribution is -2.55. The summed E-state index contributed by atoms with van der Waals surface area (Å²) in [5, 5.41) is 5.47. The maximum atomic E-state index is 13.6. The predicted octanol–water partition coefficient (Wildman–Crippen LogP) is 3.46. The number of benzene rings is 1. The van der Waals surface area contributed by atoms with E-state index in [9.17, 15) is 14.4 Å². The number of amides is 3. The first kappa shape index (κ1) is 28.1. The molecule has 180 valence electrons. The molecular weight excluding hydrogens is 438 g/mol. The molecular formula is C25H35N3O4S. The van der Waals surface area contributed by atoms with Gasteiger partial charge in [-0.05, 0) is 53.2 Å². The van der Waals surface area contributed by atoms with Crippen molar-refractivity contribution in [2.75, 3.05) is 12.3 Å². The fraction of sp³-hybridized carbons (Fsp3) is 0.480. The Labute approximate surface area is 202 Å². The third-order valence-corrected chi connectivity index (χ3v) is 4.61. The zero-order valence-corrected chi connectivity index (χ0v) is 21.2. The van der Waals surface area contributed by atoms with Gasteiger partial charge >= 0.3 is 6.09 Å². The third-order valence-electron chi connectivity index (χ3n) is 4.25. The fourth-order valence-corrected chi connectivity index (χ4v) is 3.30. The van der Waals surface area contributed by atoms with Crippen LogP contribution in [-0.2, 0) is 14.3 Å². The Morgan fingerprint density at radius 3 is 2.30 bits per heavy atom. The van der Waals surface area contributed by atoms with Crippen molar-refractivity contribution in [3.8, 4) is 12.3 Å². The van der Waals surface area contributed by atoms with Gasteiger partial charge in [-0.1, -0.05) is 30.2 Å². The minimum atomic E-state index is -1.05. The van der Waals surface area contributed by atoms with Crippen LogP contribution in [0.1, 0.15) is 58.7 Å². The van der Waals surface area contributed by atoms with Crippen LogP contribution < -0.4 is 10.6 Å². The molecule has 33 heavy (non-hydrogen) atoms. The number of hydrogen-bond donors (Lipinski definition) is 3. The standard InChI is InChI=1S/C25H35N3O4S/c1-9-15-28(22(30)19(16-33)26-23(31)32-25(6,7)8)20(21(29)27-24(3,4)5)18-14-12-11-13-17(18)10-2/h2,9,11-14,19-20,33H,1,15-16H2,3-8H3,(H,26,31)(H,27,29). The van der Waals surface area contributed by atoms with Crippen molar-refractivity contribution in [2.45, 2.75) is 64.8 Å². The predicted molar refractivity (Wildman–Crippen MR) is 134 cm³/mol. The number of alkyl carbamates (subject to hydrolysis) is 1. The van der Waals surface area contributed by atoms with Gasteiger partial charge in [0.05, 0.1) is 0 Å². The Bertz CT molecular complexity index is 909. The number of hydrogen-bond acceptors (Lipinski definition) is 5. The number of rotatable bonds is 8. The first-order valence-corrected chi connectivity index (χ1v) is 11.3. The Hall–Kier alpha value is -2.92. The molecule has 7 nitrogen and oxygen atoms in total. The molecule has 2 unspecified atom stereocenters. The van der Waals surface area contributed by atoms with E-state index in [1.54, 1.807) is 45.0 Å². The van der Waals surface area contributed by atoms with E-state index in [0.717, 1.165) is 0 Å².